The normalized spacial score (nSPS) is 12.1. The Kier molecular flexibility index (Phi) is 7.36. The lowest BCUT2D eigenvalue weighted by molar-refractivity contribution is 0.103. The van der Waals surface area contributed by atoms with Crippen LogP contribution in [0.3, 0.4) is 0 Å². The molecule has 21 heavy (non-hydrogen) atoms. The van der Waals surface area contributed by atoms with Crippen molar-refractivity contribution in [3.05, 3.63) is 41.6 Å². The van der Waals surface area contributed by atoms with Crippen LogP contribution in [0.25, 0.3) is 0 Å². The molecule has 1 rings (SSSR count). The predicted octanol–water partition coefficient (Wildman–Crippen LogP) is 3.09. The van der Waals surface area contributed by atoms with Gasteiger partial charge >= 0.3 is 0 Å². The van der Waals surface area contributed by atoms with Crippen LogP contribution in [-0.2, 0) is 4.74 Å². The highest BCUT2D eigenvalue weighted by atomic mass is 35.5. The van der Waals surface area contributed by atoms with Gasteiger partial charge in [-0.3, -0.25) is 4.79 Å². The number of hydrogen-bond acceptors (Lipinski definition) is 4. The first-order valence-electron chi connectivity index (χ1n) is 6.26. The number of methoxy groups -OCH3 is 1. The van der Waals surface area contributed by atoms with E-state index in [-0.39, 0.29) is 16.8 Å². The van der Waals surface area contributed by atoms with E-state index in [1.54, 1.807) is 44.4 Å². The van der Waals surface area contributed by atoms with Crippen molar-refractivity contribution in [2.45, 2.75) is 6.92 Å². The first kappa shape index (κ1) is 17.1. The highest BCUT2D eigenvalue weighted by molar-refractivity contribution is 6.65. The van der Waals surface area contributed by atoms with E-state index in [2.05, 4.69) is 16.7 Å². The minimum atomic E-state index is -0.247. The molecule has 0 bridgehead atoms. The maximum absolute atomic E-state index is 12.2. The Bertz CT molecular complexity index is 551. The van der Waals surface area contributed by atoms with Gasteiger partial charge < -0.3 is 9.47 Å². The summed E-state index contributed by atoms with van der Waals surface area (Å²) in [7, 11) is 1.60. The third kappa shape index (κ3) is 5.49. The zero-order chi connectivity index (χ0) is 15.7. The Balaban J connectivity index is 2.81. The molecular formula is C15H17ClN2O3. The molecule has 0 fully saturated rings. The largest absolute Gasteiger partial charge is 0.491 e. The third-order valence-electron chi connectivity index (χ3n) is 2.52. The van der Waals surface area contributed by atoms with Gasteiger partial charge in [-0.1, -0.05) is 6.08 Å². The zero-order valence-electron chi connectivity index (χ0n) is 12.0. The van der Waals surface area contributed by atoms with E-state index in [0.717, 1.165) is 0 Å². The molecule has 0 saturated heterocycles. The molecule has 0 aliphatic heterocycles. The maximum Gasteiger partial charge on any atom is 0.222 e. The molecule has 1 aromatic rings. The number of benzene rings is 1. The lowest BCUT2D eigenvalue weighted by Gasteiger charge is -2.06. The average Bonchev–Trinajstić information content (AvgIpc) is 2.52. The van der Waals surface area contributed by atoms with Crippen molar-refractivity contribution in [1.82, 2.24) is 0 Å². The van der Waals surface area contributed by atoms with Gasteiger partial charge in [-0.25, -0.2) is 9.98 Å². The predicted molar refractivity (Wildman–Crippen MR) is 84.7 cm³/mol. The molecule has 1 aromatic carbocycles. The lowest BCUT2D eigenvalue weighted by atomic mass is 10.1. The first-order chi connectivity index (χ1) is 10.1. The number of nitrogens with zero attached hydrogens (tertiary/aromatic N) is 2. The van der Waals surface area contributed by atoms with Gasteiger partial charge in [0.1, 0.15) is 18.1 Å². The molecule has 0 saturated carbocycles. The summed E-state index contributed by atoms with van der Waals surface area (Å²) in [6.07, 6.45) is 1.57. The van der Waals surface area contributed by atoms with Crippen molar-refractivity contribution < 1.29 is 14.3 Å². The summed E-state index contributed by atoms with van der Waals surface area (Å²) in [5, 5.41) is -0.0732. The second-order valence-corrected chi connectivity index (χ2v) is 4.25. The number of allylic oxidation sites excluding steroid dienone is 2. The molecule has 0 aliphatic carbocycles. The fraction of sp³-hybridized carbons (Fsp3) is 0.267. The smallest absolute Gasteiger partial charge is 0.222 e. The Hall–Kier alpha value is -1.98. The van der Waals surface area contributed by atoms with Crippen LogP contribution in [0.4, 0.5) is 0 Å². The highest BCUT2D eigenvalue weighted by Crippen LogP contribution is 2.16. The van der Waals surface area contributed by atoms with Crippen molar-refractivity contribution in [1.29, 1.82) is 0 Å². The molecular weight excluding hydrogens is 292 g/mol. The van der Waals surface area contributed by atoms with Gasteiger partial charge in [0.2, 0.25) is 11.1 Å². The molecule has 5 nitrogen and oxygen atoms in total. The van der Waals surface area contributed by atoms with Gasteiger partial charge in [-0.15, -0.1) is 0 Å². The second kappa shape index (κ2) is 9.05. The van der Waals surface area contributed by atoms with Crippen LogP contribution in [0.5, 0.6) is 5.75 Å². The molecule has 0 unspecified atom stereocenters. The average molecular weight is 309 g/mol. The molecule has 0 N–H and O–H groups in total. The molecule has 0 spiro atoms. The molecule has 0 aliphatic rings. The van der Waals surface area contributed by atoms with Gasteiger partial charge in [0.05, 0.1) is 6.61 Å². The van der Waals surface area contributed by atoms with Crippen LogP contribution in [-0.4, -0.2) is 38.1 Å². The van der Waals surface area contributed by atoms with Crippen LogP contribution < -0.4 is 4.74 Å². The van der Waals surface area contributed by atoms with Gasteiger partial charge in [0.15, 0.2) is 0 Å². The minimum absolute atomic E-state index is 0.0732. The van der Waals surface area contributed by atoms with Gasteiger partial charge in [0.25, 0.3) is 0 Å². The van der Waals surface area contributed by atoms with Crippen molar-refractivity contribution in [3.63, 3.8) is 0 Å². The molecule has 0 amide bonds. The van der Waals surface area contributed by atoms with E-state index < -0.39 is 0 Å². The number of rotatable bonds is 7. The topological polar surface area (TPSA) is 60.2 Å². The van der Waals surface area contributed by atoms with E-state index in [4.69, 9.17) is 21.1 Å². The molecule has 0 heterocycles. The SMILES string of the molecule is C=NC(Cl)=N/C(=C\C)C(=O)c1ccc(OCCOC)cc1. The Morgan fingerprint density at radius 1 is 1.33 bits per heavy atom. The highest BCUT2D eigenvalue weighted by Gasteiger charge is 2.11. The first-order valence-corrected chi connectivity index (χ1v) is 6.64. The maximum atomic E-state index is 12.2. The molecule has 0 radical (unpaired) electrons. The van der Waals surface area contributed by atoms with Gasteiger partial charge in [0, 0.05) is 12.7 Å². The summed E-state index contributed by atoms with van der Waals surface area (Å²) in [5.74, 6) is 0.419. The monoisotopic (exact) mass is 308 g/mol. The third-order valence-corrected chi connectivity index (χ3v) is 2.73. The van der Waals surface area contributed by atoms with Gasteiger partial charge in [-0.2, -0.15) is 0 Å². The van der Waals surface area contributed by atoms with E-state index in [9.17, 15) is 4.79 Å². The number of halogens is 1. The summed E-state index contributed by atoms with van der Waals surface area (Å²) >= 11 is 5.66. The zero-order valence-corrected chi connectivity index (χ0v) is 12.8. The summed E-state index contributed by atoms with van der Waals surface area (Å²) in [6.45, 7) is 5.91. The fourth-order valence-corrected chi connectivity index (χ4v) is 1.57. The summed E-state index contributed by atoms with van der Waals surface area (Å²) in [5.41, 5.74) is 0.694. The summed E-state index contributed by atoms with van der Waals surface area (Å²) in [6, 6.07) is 6.76. The summed E-state index contributed by atoms with van der Waals surface area (Å²) in [4.78, 5) is 19.6. The lowest BCUT2D eigenvalue weighted by Crippen LogP contribution is -2.05. The van der Waals surface area contributed by atoms with Crippen molar-refractivity contribution in [2.75, 3.05) is 20.3 Å². The van der Waals surface area contributed by atoms with Crippen LogP contribution >= 0.6 is 11.6 Å². The van der Waals surface area contributed by atoms with E-state index >= 15 is 0 Å². The number of ketones is 1. The Labute approximate surface area is 129 Å². The quantitative estimate of drug-likeness (QED) is 0.194. The van der Waals surface area contributed by atoms with E-state index in [1.165, 1.54) is 0 Å². The minimum Gasteiger partial charge on any atom is -0.491 e. The Morgan fingerprint density at radius 3 is 2.52 bits per heavy atom. The number of carbonyl (C=O) groups excluding carboxylic acids is 1. The van der Waals surface area contributed by atoms with E-state index in [0.29, 0.717) is 24.5 Å². The molecule has 6 heteroatoms. The van der Waals surface area contributed by atoms with Crippen LogP contribution in [0.15, 0.2) is 46.0 Å². The van der Waals surface area contributed by atoms with E-state index in [1.807, 2.05) is 0 Å². The molecule has 0 atom stereocenters. The second-order valence-electron chi connectivity index (χ2n) is 3.91. The molecule has 0 aromatic heterocycles. The van der Waals surface area contributed by atoms with Crippen LogP contribution in [0, 0.1) is 0 Å². The van der Waals surface area contributed by atoms with Gasteiger partial charge in [-0.05, 0) is 49.5 Å². The summed E-state index contributed by atoms with van der Waals surface area (Å²) < 4.78 is 10.3. The number of hydrogen-bond donors (Lipinski definition) is 0. The number of ether oxygens (including phenoxy) is 2. The Morgan fingerprint density at radius 2 is 2.00 bits per heavy atom. The van der Waals surface area contributed by atoms with Crippen LogP contribution in [0.1, 0.15) is 17.3 Å². The number of carbonyl (C=O) groups is 1. The van der Waals surface area contributed by atoms with Crippen LogP contribution in [0.2, 0.25) is 0 Å². The van der Waals surface area contributed by atoms with Crippen molar-refractivity contribution in [3.8, 4) is 5.75 Å². The standard InChI is InChI=1S/C15H17ClN2O3/c1-4-13(18-15(16)17-2)14(19)11-5-7-12(8-6-11)21-10-9-20-3/h4-8H,2,9-10H2,1,3H3/b13-4-,18-15?. The fourth-order valence-electron chi connectivity index (χ4n) is 1.47. The number of Topliss-reactive ketones (excluding diaryl/α,β-unsaturated/α-hetero) is 1. The number of aliphatic imine (C=N–C) groups is 2. The molecule has 112 valence electrons. The number of amidine groups is 1. The van der Waals surface area contributed by atoms with Crippen molar-refractivity contribution in [2.24, 2.45) is 9.98 Å². The van der Waals surface area contributed by atoms with Crippen molar-refractivity contribution >= 4 is 29.4 Å².